The first-order chi connectivity index (χ1) is 13.5. The van der Waals surface area contributed by atoms with Gasteiger partial charge in [-0.3, -0.25) is 14.4 Å². The van der Waals surface area contributed by atoms with Gasteiger partial charge in [-0.05, 0) is 30.9 Å². The van der Waals surface area contributed by atoms with Gasteiger partial charge in [0.25, 0.3) is 0 Å². The van der Waals surface area contributed by atoms with Crippen LogP contribution in [0.4, 0.5) is 0 Å². The third-order valence-electron chi connectivity index (χ3n) is 5.06. The van der Waals surface area contributed by atoms with Gasteiger partial charge in [0, 0.05) is 26.1 Å². The molecule has 0 aliphatic carbocycles. The third-order valence-corrected chi connectivity index (χ3v) is 5.06. The van der Waals surface area contributed by atoms with Crippen LogP contribution in [0.25, 0.3) is 11.0 Å². The van der Waals surface area contributed by atoms with Crippen molar-refractivity contribution in [3.8, 4) is 0 Å². The summed E-state index contributed by atoms with van der Waals surface area (Å²) in [5.74, 6) is -0.293. The van der Waals surface area contributed by atoms with E-state index in [0.29, 0.717) is 19.5 Å². The number of likely N-dealkylation sites (tertiary alicyclic amines) is 1. The first-order valence-corrected chi connectivity index (χ1v) is 9.57. The highest BCUT2D eigenvalue weighted by molar-refractivity contribution is 5.83. The monoisotopic (exact) mass is 386 g/mol. The van der Waals surface area contributed by atoms with Crippen LogP contribution >= 0.6 is 0 Å². The minimum Gasteiger partial charge on any atom is -0.351 e. The minimum absolute atomic E-state index is 0.000671. The molecule has 0 saturated carbocycles. The standard InChI is InChI=1S/C19H26N6O3/c1-3-14-11-24(9-8-15(14)21-18(27)10-20-13(2)26)19(28)12-25-22-16-6-4-5-7-17(16)23-25/h4-7,14-15H,3,8-12H2,1-2H3,(H,20,26)(H,21,27)/t14-,15+/m1/s1. The highest BCUT2D eigenvalue weighted by atomic mass is 16.2. The average molecular weight is 386 g/mol. The lowest BCUT2D eigenvalue weighted by atomic mass is 9.89. The van der Waals surface area contributed by atoms with E-state index in [0.717, 1.165) is 17.5 Å². The maximum absolute atomic E-state index is 12.7. The molecular formula is C19H26N6O3. The molecule has 1 aromatic carbocycles. The normalized spacial score (nSPS) is 19.4. The van der Waals surface area contributed by atoms with E-state index in [9.17, 15) is 14.4 Å². The highest BCUT2D eigenvalue weighted by Crippen LogP contribution is 2.20. The Hall–Kier alpha value is -2.97. The summed E-state index contributed by atoms with van der Waals surface area (Å²) in [5.41, 5.74) is 1.53. The Balaban J connectivity index is 1.55. The van der Waals surface area contributed by atoms with Gasteiger partial charge in [-0.25, -0.2) is 0 Å². The molecule has 28 heavy (non-hydrogen) atoms. The van der Waals surface area contributed by atoms with Crippen molar-refractivity contribution >= 4 is 28.8 Å². The molecule has 2 atom stereocenters. The van der Waals surface area contributed by atoms with Crippen LogP contribution in [0.5, 0.6) is 0 Å². The summed E-state index contributed by atoms with van der Waals surface area (Å²) < 4.78 is 0. The number of amides is 3. The van der Waals surface area contributed by atoms with Crippen LogP contribution in [0.15, 0.2) is 24.3 Å². The number of carbonyl (C=O) groups is 3. The zero-order valence-electron chi connectivity index (χ0n) is 16.2. The largest absolute Gasteiger partial charge is 0.351 e. The molecule has 1 fully saturated rings. The quantitative estimate of drug-likeness (QED) is 0.743. The molecule has 1 saturated heterocycles. The summed E-state index contributed by atoms with van der Waals surface area (Å²) in [6, 6.07) is 7.51. The second-order valence-corrected chi connectivity index (χ2v) is 7.10. The number of nitrogens with one attached hydrogen (secondary N) is 2. The van der Waals surface area contributed by atoms with Crippen molar-refractivity contribution in [1.29, 1.82) is 0 Å². The number of hydrogen-bond donors (Lipinski definition) is 2. The van der Waals surface area contributed by atoms with E-state index in [-0.39, 0.29) is 42.8 Å². The topological polar surface area (TPSA) is 109 Å². The zero-order valence-corrected chi connectivity index (χ0v) is 16.2. The van der Waals surface area contributed by atoms with Gasteiger partial charge in [-0.15, -0.1) is 0 Å². The smallest absolute Gasteiger partial charge is 0.246 e. The van der Waals surface area contributed by atoms with Crippen LogP contribution in [-0.2, 0) is 20.9 Å². The van der Waals surface area contributed by atoms with Crippen LogP contribution in [0.2, 0.25) is 0 Å². The van der Waals surface area contributed by atoms with E-state index >= 15 is 0 Å². The molecule has 1 aliphatic heterocycles. The van der Waals surface area contributed by atoms with Gasteiger partial charge in [-0.2, -0.15) is 15.0 Å². The van der Waals surface area contributed by atoms with Gasteiger partial charge in [-0.1, -0.05) is 19.1 Å². The number of benzene rings is 1. The summed E-state index contributed by atoms with van der Waals surface area (Å²) in [5, 5.41) is 14.2. The molecule has 1 aromatic heterocycles. The number of piperidine rings is 1. The molecule has 3 amide bonds. The third kappa shape index (κ3) is 4.85. The summed E-state index contributed by atoms with van der Waals surface area (Å²) in [7, 11) is 0. The van der Waals surface area contributed by atoms with Crippen molar-refractivity contribution < 1.29 is 14.4 Å². The van der Waals surface area contributed by atoms with Gasteiger partial charge in [0.2, 0.25) is 17.7 Å². The molecule has 3 rings (SSSR count). The van der Waals surface area contributed by atoms with Gasteiger partial charge in [0.15, 0.2) is 0 Å². The summed E-state index contributed by atoms with van der Waals surface area (Å²) in [4.78, 5) is 38.9. The summed E-state index contributed by atoms with van der Waals surface area (Å²) in [6.07, 6.45) is 1.53. The molecule has 0 bridgehead atoms. The highest BCUT2D eigenvalue weighted by Gasteiger charge is 2.31. The average Bonchev–Trinajstić information content (AvgIpc) is 3.08. The lowest BCUT2D eigenvalue weighted by Gasteiger charge is -2.38. The fourth-order valence-electron chi connectivity index (χ4n) is 3.52. The van der Waals surface area contributed by atoms with Crippen molar-refractivity contribution in [2.75, 3.05) is 19.6 Å². The molecule has 2 N–H and O–H groups in total. The maximum atomic E-state index is 12.7. The Bertz CT molecular complexity index is 831. The lowest BCUT2D eigenvalue weighted by Crippen LogP contribution is -2.54. The van der Waals surface area contributed by atoms with E-state index in [1.807, 2.05) is 36.1 Å². The number of nitrogens with zero attached hydrogens (tertiary/aromatic N) is 4. The van der Waals surface area contributed by atoms with Gasteiger partial charge in [0.05, 0.1) is 6.54 Å². The van der Waals surface area contributed by atoms with E-state index in [1.165, 1.54) is 11.7 Å². The Labute approximate surface area is 163 Å². The second-order valence-electron chi connectivity index (χ2n) is 7.10. The van der Waals surface area contributed by atoms with Crippen LogP contribution < -0.4 is 10.6 Å². The molecule has 9 heteroatoms. The second kappa shape index (κ2) is 8.81. The first-order valence-electron chi connectivity index (χ1n) is 9.57. The van der Waals surface area contributed by atoms with Crippen LogP contribution in [0, 0.1) is 5.92 Å². The SMILES string of the molecule is CC[C@@H]1CN(C(=O)Cn2nc3ccccc3n2)CC[C@@H]1NC(=O)CNC(C)=O. The van der Waals surface area contributed by atoms with Crippen molar-refractivity contribution in [1.82, 2.24) is 30.5 Å². The molecule has 150 valence electrons. The van der Waals surface area contributed by atoms with Crippen LogP contribution in [0.1, 0.15) is 26.7 Å². The fourth-order valence-corrected chi connectivity index (χ4v) is 3.52. The van der Waals surface area contributed by atoms with E-state index in [2.05, 4.69) is 20.8 Å². The molecule has 0 spiro atoms. The summed E-state index contributed by atoms with van der Waals surface area (Å²) in [6.45, 7) is 4.66. The predicted octanol–water partition coefficient (Wildman–Crippen LogP) is 0.311. The van der Waals surface area contributed by atoms with Crippen LogP contribution in [0.3, 0.4) is 0 Å². The Morgan fingerprint density at radius 3 is 2.46 bits per heavy atom. The molecular weight excluding hydrogens is 360 g/mol. The zero-order chi connectivity index (χ0) is 20.1. The minimum atomic E-state index is -0.234. The first kappa shape index (κ1) is 19.8. The number of aromatic nitrogens is 3. The maximum Gasteiger partial charge on any atom is 0.246 e. The Morgan fingerprint density at radius 1 is 1.18 bits per heavy atom. The number of carbonyl (C=O) groups excluding carboxylic acids is 3. The van der Waals surface area contributed by atoms with E-state index < -0.39 is 0 Å². The molecule has 2 heterocycles. The number of fused-ring (bicyclic) bond motifs is 1. The van der Waals surface area contributed by atoms with Crippen molar-refractivity contribution in [2.24, 2.45) is 5.92 Å². The van der Waals surface area contributed by atoms with Crippen molar-refractivity contribution in [3.63, 3.8) is 0 Å². The Kier molecular flexibility index (Phi) is 6.23. The molecule has 0 unspecified atom stereocenters. The number of hydrogen-bond acceptors (Lipinski definition) is 5. The summed E-state index contributed by atoms with van der Waals surface area (Å²) >= 11 is 0. The van der Waals surface area contributed by atoms with Gasteiger partial charge < -0.3 is 15.5 Å². The van der Waals surface area contributed by atoms with Crippen molar-refractivity contribution in [3.05, 3.63) is 24.3 Å². The van der Waals surface area contributed by atoms with E-state index in [1.54, 1.807) is 0 Å². The lowest BCUT2D eigenvalue weighted by molar-refractivity contribution is -0.135. The predicted molar refractivity (Wildman–Crippen MR) is 103 cm³/mol. The van der Waals surface area contributed by atoms with Crippen molar-refractivity contribution in [2.45, 2.75) is 39.3 Å². The Morgan fingerprint density at radius 2 is 1.86 bits per heavy atom. The molecule has 9 nitrogen and oxygen atoms in total. The van der Waals surface area contributed by atoms with E-state index in [4.69, 9.17) is 0 Å². The van der Waals surface area contributed by atoms with Gasteiger partial charge >= 0.3 is 0 Å². The fraction of sp³-hybridized carbons (Fsp3) is 0.526. The van der Waals surface area contributed by atoms with Crippen LogP contribution in [-0.4, -0.2) is 63.3 Å². The molecule has 0 radical (unpaired) electrons. The van der Waals surface area contributed by atoms with Gasteiger partial charge in [0.1, 0.15) is 17.6 Å². The molecule has 2 aromatic rings. The number of rotatable bonds is 6. The molecule has 1 aliphatic rings.